The summed E-state index contributed by atoms with van der Waals surface area (Å²) < 4.78 is 1.90. The molecule has 0 bridgehead atoms. The second kappa shape index (κ2) is 5.51. The van der Waals surface area contributed by atoms with Crippen molar-refractivity contribution in [3.05, 3.63) is 12.2 Å². The molecule has 1 saturated carbocycles. The summed E-state index contributed by atoms with van der Waals surface area (Å²) >= 11 is 3.84. The zero-order valence-corrected chi connectivity index (χ0v) is 12.5. The Hall–Kier alpha value is -0.380. The SMILES string of the molecule is CC(C)C1CCC(Br)C(Cc2ncnn2C)C1. The van der Waals surface area contributed by atoms with Crippen molar-refractivity contribution in [3.63, 3.8) is 0 Å². The molecule has 3 atom stereocenters. The van der Waals surface area contributed by atoms with Crippen molar-refractivity contribution in [2.75, 3.05) is 0 Å². The van der Waals surface area contributed by atoms with Crippen LogP contribution < -0.4 is 0 Å². The van der Waals surface area contributed by atoms with Crippen LogP contribution in [0, 0.1) is 17.8 Å². The molecule has 2 rings (SSSR count). The molecule has 1 aliphatic rings. The molecule has 17 heavy (non-hydrogen) atoms. The van der Waals surface area contributed by atoms with E-state index in [1.54, 1.807) is 6.33 Å². The van der Waals surface area contributed by atoms with Crippen LogP contribution >= 0.6 is 15.9 Å². The summed E-state index contributed by atoms with van der Waals surface area (Å²) in [4.78, 5) is 4.99. The molecule has 0 spiro atoms. The molecular weight excluding hydrogens is 278 g/mol. The molecule has 3 unspecified atom stereocenters. The number of alkyl halides is 1. The van der Waals surface area contributed by atoms with E-state index in [9.17, 15) is 0 Å². The van der Waals surface area contributed by atoms with Gasteiger partial charge in [0.05, 0.1) is 0 Å². The van der Waals surface area contributed by atoms with E-state index in [1.165, 1.54) is 19.3 Å². The van der Waals surface area contributed by atoms with Gasteiger partial charge in [0.15, 0.2) is 0 Å². The van der Waals surface area contributed by atoms with Crippen molar-refractivity contribution in [1.82, 2.24) is 14.8 Å². The van der Waals surface area contributed by atoms with Crippen LogP contribution in [0.4, 0.5) is 0 Å². The van der Waals surface area contributed by atoms with Gasteiger partial charge in [-0.15, -0.1) is 0 Å². The molecule has 1 aliphatic carbocycles. The van der Waals surface area contributed by atoms with E-state index in [0.29, 0.717) is 10.7 Å². The molecule has 4 heteroatoms. The highest BCUT2D eigenvalue weighted by atomic mass is 79.9. The van der Waals surface area contributed by atoms with Gasteiger partial charge in [-0.2, -0.15) is 5.10 Å². The normalized spacial score (nSPS) is 29.8. The van der Waals surface area contributed by atoms with Gasteiger partial charge in [0.1, 0.15) is 12.2 Å². The van der Waals surface area contributed by atoms with Crippen LogP contribution in [0.2, 0.25) is 0 Å². The Bertz CT molecular complexity index is 361. The van der Waals surface area contributed by atoms with Gasteiger partial charge in [0.2, 0.25) is 0 Å². The van der Waals surface area contributed by atoms with Crippen molar-refractivity contribution in [3.8, 4) is 0 Å². The first-order valence-corrected chi connectivity index (χ1v) is 7.46. The van der Waals surface area contributed by atoms with Crippen molar-refractivity contribution < 1.29 is 0 Å². The van der Waals surface area contributed by atoms with Crippen LogP contribution in [0.1, 0.15) is 38.9 Å². The summed E-state index contributed by atoms with van der Waals surface area (Å²) in [6.45, 7) is 4.69. The number of nitrogens with zero attached hydrogens (tertiary/aromatic N) is 3. The molecule has 0 aromatic carbocycles. The molecule has 0 N–H and O–H groups in total. The molecule has 0 saturated heterocycles. The molecule has 0 radical (unpaired) electrons. The first-order chi connectivity index (χ1) is 8.08. The van der Waals surface area contributed by atoms with Gasteiger partial charge in [-0.1, -0.05) is 29.8 Å². The maximum Gasteiger partial charge on any atom is 0.138 e. The summed E-state index contributed by atoms with van der Waals surface area (Å²) in [5.74, 6) is 3.50. The van der Waals surface area contributed by atoms with E-state index in [4.69, 9.17) is 0 Å². The maximum atomic E-state index is 4.35. The second-order valence-electron chi connectivity index (χ2n) is 5.60. The zero-order chi connectivity index (χ0) is 12.4. The minimum atomic E-state index is 0.647. The largest absolute Gasteiger partial charge is 0.253 e. The highest BCUT2D eigenvalue weighted by Gasteiger charge is 2.31. The fraction of sp³-hybridized carbons (Fsp3) is 0.846. The summed E-state index contributed by atoms with van der Waals surface area (Å²) in [6.07, 6.45) is 6.69. The van der Waals surface area contributed by atoms with E-state index in [-0.39, 0.29) is 0 Å². The molecule has 96 valence electrons. The van der Waals surface area contributed by atoms with E-state index in [1.807, 2.05) is 11.7 Å². The Labute approximate surface area is 112 Å². The molecule has 1 aromatic heterocycles. The predicted octanol–water partition coefficient (Wildman–Crippen LogP) is 3.19. The quantitative estimate of drug-likeness (QED) is 0.803. The Balaban J connectivity index is 2.01. The third-order valence-corrected chi connectivity index (χ3v) is 5.33. The number of aryl methyl sites for hydroxylation is 1. The molecule has 1 fully saturated rings. The molecule has 1 aromatic rings. The number of hydrogen-bond acceptors (Lipinski definition) is 2. The van der Waals surface area contributed by atoms with Gasteiger partial charge >= 0.3 is 0 Å². The third kappa shape index (κ3) is 3.09. The minimum Gasteiger partial charge on any atom is -0.253 e. The summed E-state index contributed by atoms with van der Waals surface area (Å²) in [5.41, 5.74) is 0. The zero-order valence-electron chi connectivity index (χ0n) is 10.9. The van der Waals surface area contributed by atoms with Gasteiger partial charge in [0, 0.05) is 18.3 Å². The average molecular weight is 300 g/mol. The second-order valence-corrected chi connectivity index (χ2v) is 6.77. The lowest BCUT2D eigenvalue weighted by Crippen LogP contribution is -2.29. The third-order valence-electron chi connectivity index (χ3n) is 4.12. The smallest absolute Gasteiger partial charge is 0.138 e. The van der Waals surface area contributed by atoms with Crippen molar-refractivity contribution >= 4 is 15.9 Å². The summed E-state index contributed by atoms with van der Waals surface area (Å²) in [7, 11) is 1.98. The van der Waals surface area contributed by atoms with Crippen molar-refractivity contribution in [2.45, 2.75) is 44.4 Å². The van der Waals surface area contributed by atoms with E-state index >= 15 is 0 Å². The lowest BCUT2D eigenvalue weighted by atomic mass is 9.75. The van der Waals surface area contributed by atoms with Gasteiger partial charge in [-0.25, -0.2) is 4.98 Å². The number of aromatic nitrogens is 3. The molecule has 0 amide bonds. The highest BCUT2D eigenvalue weighted by molar-refractivity contribution is 9.09. The van der Waals surface area contributed by atoms with Crippen LogP contribution in [0.25, 0.3) is 0 Å². The maximum absolute atomic E-state index is 4.35. The first-order valence-electron chi connectivity index (χ1n) is 6.55. The standard InChI is InChI=1S/C13H22BrN3/c1-9(2)10-4-5-12(14)11(6-10)7-13-15-8-16-17(13)3/h8-12H,4-7H2,1-3H3. The fourth-order valence-electron chi connectivity index (χ4n) is 2.82. The van der Waals surface area contributed by atoms with Gasteiger partial charge in [-0.05, 0) is 37.0 Å². The molecule has 1 heterocycles. The monoisotopic (exact) mass is 299 g/mol. The topological polar surface area (TPSA) is 30.7 Å². The highest BCUT2D eigenvalue weighted by Crippen LogP contribution is 2.38. The van der Waals surface area contributed by atoms with Crippen molar-refractivity contribution in [1.29, 1.82) is 0 Å². The van der Waals surface area contributed by atoms with Gasteiger partial charge in [0.25, 0.3) is 0 Å². The number of halogens is 1. The van der Waals surface area contributed by atoms with Crippen LogP contribution in [0.5, 0.6) is 0 Å². The molecule has 0 aliphatic heterocycles. The van der Waals surface area contributed by atoms with Gasteiger partial charge < -0.3 is 0 Å². The Kier molecular flexibility index (Phi) is 4.23. The van der Waals surface area contributed by atoms with E-state index in [0.717, 1.165) is 24.1 Å². The average Bonchev–Trinajstić information content (AvgIpc) is 2.67. The van der Waals surface area contributed by atoms with Gasteiger partial charge in [-0.3, -0.25) is 4.68 Å². The lowest BCUT2D eigenvalue weighted by Gasteiger charge is -2.35. The van der Waals surface area contributed by atoms with Crippen LogP contribution in [-0.4, -0.2) is 19.6 Å². The Morgan fingerprint density at radius 2 is 2.24 bits per heavy atom. The minimum absolute atomic E-state index is 0.647. The van der Waals surface area contributed by atoms with Crippen LogP contribution in [0.3, 0.4) is 0 Å². The van der Waals surface area contributed by atoms with Crippen LogP contribution in [0.15, 0.2) is 6.33 Å². The van der Waals surface area contributed by atoms with Crippen LogP contribution in [-0.2, 0) is 13.5 Å². The fourth-order valence-corrected chi connectivity index (χ4v) is 3.49. The lowest BCUT2D eigenvalue weighted by molar-refractivity contribution is 0.220. The molecular formula is C13H22BrN3. The predicted molar refractivity (Wildman–Crippen MR) is 73.1 cm³/mol. The van der Waals surface area contributed by atoms with E-state index < -0.39 is 0 Å². The number of rotatable bonds is 3. The van der Waals surface area contributed by atoms with Crippen molar-refractivity contribution in [2.24, 2.45) is 24.8 Å². The summed E-state index contributed by atoms with van der Waals surface area (Å²) in [6, 6.07) is 0. The molecule has 3 nitrogen and oxygen atoms in total. The Morgan fingerprint density at radius 3 is 2.82 bits per heavy atom. The van der Waals surface area contributed by atoms with E-state index in [2.05, 4.69) is 39.9 Å². The summed E-state index contributed by atoms with van der Waals surface area (Å²) in [5, 5.41) is 4.15. The first kappa shape index (κ1) is 13.1. The Morgan fingerprint density at radius 1 is 1.47 bits per heavy atom. The number of hydrogen-bond donors (Lipinski definition) is 0.